The molecule has 0 atom stereocenters. The van der Waals surface area contributed by atoms with Gasteiger partial charge in [-0.3, -0.25) is 10.1 Å². The number of benzene rings is 1. The Morgan fingerprint density at radius 1 is 1.33 bits per heavy atom. The molecule has 2 aromatic heterocycles. The van der Waals surface area contributed by atoms with E-state index in [2.05, 4.69) is 20.0 Å². The number of methoxy groups -OCH3 is 1. The third-order valence-corrected chi connectivity index (χ3v) is 3.98. The summed E-state index contributed by atoms with van der Waals surface area (Å²) in [6, 6.07) is 5.19. The van der Waals surface area contributed by atoms with Crippen LogP contribution in [0.5, 0.6) is 0 Å². The monoisotopic (exact) mass is 371 g/mol. The highest BCUT2D eigenvalue weighted by atomic mass is 19.1. The number of ether oxygens (including phenoxy) is 1. The molecule has 3 aromatic rings. The first kappa shape index (κ1) is 18.1. The second-order valence-corrected chi connectivity index (χ2v) is 5.68. The van der Waals surface area contributed by atoms with E-state index in [4.69, 9.17) is 0 Å². The number of carbonyl (C=O) groups excluding carboxylic acids is 1. The molecular weight excluding hydrogens is 357 g/mol. The van der Waals surface area contributed by atoms with E-state index in [-0.39, 0.29) is 22.4 Å². The molecule has 0 bridgehead atoms. The van der Waals surface area contributed by atoms with Gasteiger partial charge in [-0.15, -0.1) is 5.10 Å². The average Bonchev–Trinajstić information content (AvgIpc) is 2.99. The van der Waals surface area contributed by atoms with Crippen LogP contribution in [-0.4, -0.2) is 38.0 Å². The molecule has 3 rings (SSSR count). The van der Waals surface area contributed by atoms with Gasteiger partial charge in [0.25, 0.3) is 5.69 Å². The Hall–Kier alpha value is -3.69. The van der Waals surface area contributed by atoms with Gasteiger partial charge < -0.3 is 4.74 Å². The number of hydrogen-bond acceptors (Lipinski definition) is 7. The van der Waals surface area contributed by atoms with Crippen LogP contribution >= 0.6 is 0 Å². The number of aryl methyl sites for hydroxylation is 2. The molecule has 27 heavy (non-hydrogen) atoms. The van der Waals surface area contributed by atoms with E-state index in [1.165, 1.54) is 16.8 Å². The van der Waals surface area contributed by atoms with Crippen LogP contribution in [-0.2, 0) is 11.8 Å². The topological polar surface area (TPSA) is 113 Å². The minimum atomic E-state index is -0.752. The summed E-state index contributed by atoms with van der Waals surface area (Å²) < 4.78 is 20.7. The predicted octanol–water partition coefficient (Wildman–Crippen LogP) is 2.69. The fraction of sp³-hybridized carbons (Fsp3) is 0.176. The van der Waals surface area contributed by atoms with Crippen LogP contribution in [0, 0.1) is 22.9 Å². The van der Waals surface area contributed by atoms with Crippen molar-refractivity contribution < 1.29 is 18.8 Å². The van der Waals surface area contributed by atoms with Crippen LogP contribution in [0.4, 0.5) is 10.1 Å². The highest BCUT2D eigenvalue weighted by molar-refractivity contribution is 5.91. The maximum atomic E-state index is 14.7. The van der Waals surface area contributed by atoms with Crippen LogP contribution in [0.2, 0.25) is 0 Å². The number of pyridine rings is 1. The average molecular weight is 371 g/mol. The minimum absolute atomic E-state index is 0.0574. The first-order valence-corrected chi connectivity index (χ1v) is 7.72. The van der Waals surface area contributed by atoms with Gasteiger partial charge in [0.1, 0.15) is 11.5 Å². The van der Waals surface area contributed by atoms with Crippen molar-refractivity contribution in [1.29, 1.82) is 0 Å². The fourth-order valence-corrected chi connectivity index (χ4v) is 2.73. The molecule has 0 aliphatic heterocycles. The lowest BCUT2D eigenvalue weighted by atomic mass is 10.0. The van der Waals surface area contributed by atoms with Gasteiger partial charge in [0.05, 0.1) is 29.0 Å². The fourth-order valence-electron chi connectivity index (χ4n) is 2.73. The summed E-state index contributed by atoms with van der Waals surface area (Å²) in [5, 5.41) is 19.1. The quantitative estimate of drug-likeness (QED) is 0.393. The van der Waals surface area contributed by atoms with Crippen LogP contribution in [0.25, 0.3) is 22.5 Å². The summed E-state index contributed by atoms with van der Waals surface area (Å²) in [5.41, 5.74) is 0.964. The van der Waals surface area contributed by atoms with E-state index in [1.807, 2.05) is 0 Å². The molecule has 0 amide bonds. The molecule has 0 unspecified atom stereocenters. The van der Waals surface area contributed by atoms with Gasteiger partial charge in [0.15, 0.2) is 0 Å². The van der Waals surface area contributed by atoms with Crippen molar-refractivity contribution >= 4 is 11.7 Å². The SMILES string of the molecule is COC(=O)c1cnc(-c2ccc(-c3c(C)nnn3C)c(F)c2)c([N+](=O)[O-])c1. The van der Waals surface area contributed by atoms with Gasteiger partial charge in [-0.1, -0.05) is 11.3 Å². The van der Waals surface area contributed by atoms with E-state index in [0.717, 1.165) is 25.4 Å². The molecule has 0 spiro atoms. The summed E-state index contributed by atoms with van der Waals surface area (Å²) in [7, 11) is 2.80. The Kier molecular flexibility index (Phi) is 4.63. The maximum absolute atomic E-state index is 14.7. The largest absolute Gasteiger partial charge is 0.465 e. The third kappa shape index (κ3) is 3.24. The number of aromatic nitrogens is 4. The van der Waals surface area contributed by atoms with Crippen molar-refractivity contribution in [2.24, 2.45) is 7.05 Å². The number of esters is 1. The van der Waals surface area contributed by atoms with Crippen molar-refractivity contribution in [3.8, 4) is 22.5 Å². The van der Waals surface area contributed by atoms with Crippen molar-refractivity contribution in [3.05, 3.63) is 57.7 Å². The van der Waals surface area contributed by atoms with Crippen molar-refractivity contribution in [1.82, 2.24) is 20.0 Å². The number of hydrogen-bond donors (Lipinski definition) is 0. The number of nitrogens with zero attached hydrogens (tertiary/aromatic N) is 5. The van der Waals surface area contributed by atoms with Crippen molar-refractivity contribution in [3.63, 3.8) is 0 Å². The number of carbonyl (C=O) groups is 1. The second kappa shape index (κ2) is 6.90. The lowest BCUT2D eigenvalue weighted by Gasteiger charge is -2.08. The van der Waals surface area contributed by atoms with Gasteiger partial charge >= 0.3 is 5.97 Å². The molecular formula is C17H14FN5O4. The van der Waals surface area contributed by atoms with Gasteiger partial charge in [-0.05, 0) is 19.1 Å². The summed E-state index contributed by atoms with van der Waals surface area (Å²) in [4.78, 5) is 26.2. The van der Waals surface area contributed by atoms with Gasteiger partial charge in [0, 0.05) is 30.4 Å². The predicted molar refractivity (Wildman–Crippen MR) is 92.4 cm³/mol. The van der Waals surface area contributed by atoms with E-state index in [9.17, 15) is 19.3 Å². The normalized spacial score (nSPS) is 10.7. The summed E-state index contributed by atoms with van der Waals surface area (Å²) >= 11 is 0. The van der Waals surface area contributed by atoms with Gasteiger partial charge in [0.2, 0.25) is 0 Å². The zero-order valence-corrected chi connectivity index (χ0v) is 14.6. The summed E-state index contributed by atoms with van der Waals surface area (Å²) in [5.74, 6) is -1.35. The second-order valence-electron chi connectivity index (χ2n) is 5.68. The van der Waals surface area contributed by atoms with E-state index >= 15 is 0 Å². The zero-order chi connectivity index (χ0) is 19.7. The number of rotatable bonds is 4. The van der Waals surface area contributed by atoms with Crippen molar-refractivity contribution in [2.75, 3.05) is 7.11 Å². The van der Waals surface area contributed by atoms with Crippen LogP contribution in [0.1, 0.15) is 16.1 Å². The lowest BCUT2D eigenvalue weighted by Crippen LogP contribution is -2.05. The lowest BCUT2D eigenvalue weighted by molar-refractivity contribution is -0.384. The number of halogens is 1. The molecule has 1 aromatic carbocycles. The van der Waals surface area contributed by atoms with Gasteiger partial charge in [-0.2, -0.15) is 0 Å². The molecule has 0 N–H and O–H groups in total. The van der Waals surface area contributed by atoms with Crippen LogP contribution in [0.15, 0.2) is 30.5 Å². The standard InChI is InChI=1S/C17H14FN5O4/c1-9-16(22(2)21-20-9)12-5-4-10(6-13(12)18)15-14(23(25)26)7-11(8-19-15)17(24)27-3/h4-8H,1-3H3. The van der Waals surface area contributed by atoms with Gasteiger partial charge in [-0.25, -0.2) is 18.9 Å². The Morgan fingerprint density at radius 2 is 2.07 bits per heavy atom. The molecule has 0 saturated carbocycles. The number of nitro groups is 1. The molecule has 138 valence electrons. The molecule has 10 heteroatoms. The molecule has 0 aliphatic carbocycles. The minimum Gasteiger partial charge on any atom is -0.465 e. The Labute approximate surface area is 152 Å². The first-order chi connectivity index (χ1) is 12.8. The highest BCUT2D eigenvalue weighted by Gasteiger charge is 2.22. The summed E-state index contributed by atoms with van der Waals surface area (Å²) in [6.07, 6.45) is 1.15. The molecule has 9 nitrogen and oxygen atoms in total. The Balaban J connectivity index is 2.11. The summed E-state index contributed by atoms with van der Waals surface area (Å²) in [6.45, 7) is 1.70. The smallest absolute Gasteiger partial charge is 0.339 e. The van der Waals surface area contributed by atoms with E-state index in [0.29, 0.717) is 11.4 Å². The van der Waals surface area contributed by atoms with Crippen LogP contribution < -0.4 is 0 Å². The Bertz CT molecular complexity index is 1040. The first-order valence-electron chi connectivity index (χ1n) is 7.72. The molecule has 0 saturated heterocycles. The highest BCUT2D eigenvalue weighted by Crippen LogP contribution is 2.32. The van der Waals surface area contributed by atoms with E-state index < -0.39 is 22.4 Å². The maximum Gasteiger partial charge on any atom is 0.339 e. The molecule has 0 aliphatic rings. The van der Waals surface area contributed by atoms with Crippen molar-refractivity contribution in [2.45, 2.75) is 6.92 Å². The molecule has 0 radical (unpaired) electrons. The zero-order valence-electron chi connectivity index (χ0n) is 14.6. The third-order valence-electron chi connectivity index (χ3n) is 3.98. The van der Waals surface area contributed by atoms with Crippen LogP contribution in [0.3, 0.4) is 0 Å². The molecule has 0 fully saturated rings. The molecule has 2 heterocycles. The Morgan fingerprint density at radius 3 is 2.63 bits per heavy atom. The van der Waals surface area contributed by atoms with E-state index in [1.54, 1.807) is 14.0 Å².